The molecule has 0 N–H and O–H groups in total. The lowest BCUT2D eigenvalue weighted by Crippen LogP contribution is -2.16. The Hall–Kier alpha value is -2.43. The molecule has 8 heteroatoms. The zero-order chi connectivity index (χ0) is 16.4. The normalized spacial score (nSPS) is 13.2. The molecule has 1 heterocycles. The quantitative estimate of drug-likeness (QED) is 0.790. The molecule has 23 heavy (non-hydrogen) atoms. The van der Waals surface area contributed by atoms with Crippen molar-refractivity contribution in [1.82, 2.24) is 0 Å². The van der Waals surface area contributed by atoms with E-state index in [1.165, 1.54) is 36.4 Å². The maximum Gasteiger partial charge on any atom is 0.339 e. The van der Waals surface area contributed by atoms with Gasteiger partial charge in [-0.1, -0.05) is 11.6 Å². The first-order valence-corrected chi connectivity index (χ1v) is 8.32. The highest BCUT2D eigenvalue weighted by atomic mass is 35.5. The zero-order valence-corrected chi connectivity index (χ0v) is 13.2. The summed E-state index contributed by atoms with van der Waals surface area (Å²) in [6.45, 7) is 0.759. The third-order valence-corrected chi connectivity index (χ3v) is 4.59. The van der Waals surface area contributed by atoms with Gasteiger partial charge in [0.05, 0.1) is 16.7 Å². The lowest BCUT2D eigenvalue weighted by atomic mass is 10.2. The number of nitrogens with zero attached hydrogens (tertiary/aromatic N) is 1. The van der Waals surface area contributed by atoms with Gasteiger partial charge < -0.3 is 13.7 Å². The van der Waals surface area contributed by atoms with E-state index < -0.39 is 10.1 Å². The van der Waals surface area contributed by atoms with Crippen LogP contribution >= 0.6 is 11.6 Å². The minimum atomic E-state index is -4.09. The van der Waals surface area contributed by atoms with Crippen LogP contribution in [0.25, 0.3) is 0 Å². The zero-order valence-electron chi connectivity index (χ0n) is 11.7. The predicted octanol–water partition coefficient (Wildman–Crippen LogP) is 2.75. The average Bonchev–Trinajstić information content (AvgIpc) is 2.56. The van der Waals surface area contributed by atoms with E-state index in [-0.39, 0.29) is 15.7 Å². The summed E-state index contributed by atoms with van der Waals surface area (Å²) in [7, 11) is -4.09. The van der Waals surface area contributed by atoms with Crippen molar-refractivity contribution in [1.29, 1.82) is 5.26 Å². The molecular formula is C15H10ClNO5S. The van der Waals surface area contributed by atoms with Gasteiger partial charge in [0.25, 0.3) is 0 Å². The lowest BCUT2D eigenvalue weighted by Gasteiger charge is -2.18. The highest BCUT2D eigenvalue weighted by molar-refractivity contribution is 7.87. The molecule has 0 aromatic heterocycles. The molecule has 0 aliphatic carbocycles. The highest BCUT2D eigenvalue weighted by Gasteiger charge is 2.22. The minimum absolute atomic E-state index is 0.0326. The summed E-state index contributed by atoms with van der Waals surface area (Å²) < 4.78 is 40.4. The van der Waals surface area contributed by atoms with Crippen LogP contribution in [0.3, 0.4) is 0 Å². The van der Waals surface area contributed by atoms with Gasteiger partial charge in [-0.05, 0) is 30.3 Å². The van der Waals surface area contributed by atoms with E-state index in [9.17, 15) is 8.42 Å². The van der Waals surface area contributed by atoms with Gasteiger partial charge in [0.15, 0.2) is 17.2 Å². The van der Waals surface area contributed by atoms with Crippen molar-refractivity contribution in [3.63, 3.8) is 0 Å². The van der Waals surface area contributed by atoms with E-state index in [2.05, 4.69) is 0 Å². The molecule has 1 aliphatic heterocycles. The first-order chi connectivity index (χ1) is 11.0. The lowest BCUT2D eigenvalue weighted by molar-refractivity contribution is 0.171. The third-order valence-electron chi connectivity index (χ3n) is 3.06. The van der Waals surface area contributed by atoms with Gasteiger partial charge in [0.1, 0.15) is 18.1 Å². The molecule has 1 aliphatic rings. The van der Waals surface area contributed by atoms with Crippen molar-refractivity contribution in [2.75, 3.05) is 13.2 Å². The number of hydrogen-bond acceptors (Lipinski definition) is 6. The van der Waals surface area contributed by atoms with Gasteiger partial charge in [-0.15, -0.1) is 0 Å². The molecule has 0 amide bonds. The summed E-state index contributed by atoms with van der Waals surface area (Å²) in [6, 6.07) is 10.2. The summed E-state index contributed by atoms with van der Waals surface area (Å²) in [4.78, 5) is -0.0813. The Balaban J connectivity index is 1.92. The van der Waals surface area contributed by atoms with Crippen molar-refractivity contribution in [2.45, 2.75) is 4.90 Å². The van der Waals surface area contributed by atoms with Crippen LogP contribution in [0.4, 0.5) is 0 Å². The molecule has 0 bridgehead atoms. The third kappa shape index (κ3) is 3.18. The molecule has 0 radical (unpaired) electrons. The SMILES string of the molecule is N#Cc1ccc(OS(=O)(=O)c2ccc3c(c2)OCCO3)c(Cl)c1. The number of fused-ring (bicyclic) bond motifs is 1. The second-order valence-corrected chi connectivity index (χ2v) is 6.55. The highest BCUT2D eigenvalue weighted by Crippen LogP contribution is 2.34. The standard InChI is InChI=1S/C15H10ClNO5S/c16-12-7-10(9-17)1-3-13(12)22-23(18,19)11-2-4-14-15(8-11)21-6-5-20-14/h1-4,7-8H,5-6H2. The molecule has 0 spiro atoms. The maximum atomic E-state index is 12.4. The number of hydrogen-bond donors (Lipinski definition) is 0. The van der Waals surface area contributed by atoms with Gasteiger partial charge in [0.2, 0.25) is 0 Å². The molecule has 3 rings (SSSR count). The summed E-state index contributed by atoms with van der Waals surface area (Å²) in [5.74, 6) is 0.763. The van der Waals surface area contributed by atoms with Gasteiger partial charge in [-0.3, -0.25) is 0 Å². The van der Waals surface area contributed by atoms with Crippen LogP contribution in [0, 0.1) is 11.3 Å². The summed E-state index contributed by atoms with van der Waals surface area (Å²) in [6.07, 6.45) is 0. The molecule has 0 fully saturated rings. The monoisotopic (exact) mass is 351 g/mol. The molecule has 0 unspecified atom stereocenters. The largest absolute Gasteiger partial charge is 0.486 e. The van der Waals surface area contributed by atoms with Gasteiger partial charge in [0, 0.05) is 6.07 Å². The van der Waals surface area contributed by atoms with E-state index >= 15 is 0 Å². The topological polar surface area (TPSA) is 85.6 Å². The van der Waals surface area contributed by atoms with Crippen molar-refractivity contribution < 1.29 is 22.1 Å². The van der Waals surface area contributed by atoms with Crippen LogP contribution in [0.2, 0.25) is 5.02 Å². The van der Waals surface area contributed by atoms with Crippen LogP contribution in [-0.2, 0) is 10.1 Å². The summed E-state index contributed by atoms with van der Waals surface area (Å²) >= 11 is 5.93. The van der Waals surface area contributed by atoms with E-state index in [0.717, 1.165) is 0 Å². The number of halogens is 1. The predicted molar refractivity (Wildman–Crippen MR) is 81.4 cm³/mol. The van der Waals surface area contributed by atoms with Gasteiger partial charge in [-0.25, -0.2) is 0 Å². The second kappa shape index (κ2) is 5.99. The first-order valence-electron chi connectivity index (χ1n) is 6.53. The Morgan fingerprint density at radius 1 is 1.09 bits per heavy atom. The fourth-order valence-electron chi connectivity index (χ4n) is 1.98. The Kier molecular flexibility index (Phi) is 4.03. The number of nitriles is 1. The smallest absolute Gasteiger partial charge is 0.339 e. The van der Waals surface area contributed by atoms with E-state index in [1.54, 1.807) is 0 Å². The Morgan fingerprint density at radius 3 is 2.52 bits per heavy atom. The maximum absolute atomic E-state index is 12.4. The Morgan fingerprint density at radius 2 is 1.83 bits per heavy atom. The fourth-order valence-corrected chi connectivity index (χ4v) is 3.21. The van der Waals surface area contributed by atoms with Crippen LogP contribution in [-0.4, -0.2) is 21.6 Å². The van der Waals surface area contributed by atoms with E-state index in [4.69, 9.17) is 30.5 Å². The second-order valence-electron chi connectivity index (χ2n) is 4.60. The summed E-state index contributed by atoms with van der Waals surface area (Å²) in [5.41, 5.74) is 0.305. The molecule has 2 aromatic carbocycles. The number of ether oxygens (including phenoxy) is 2. The van der Waals surface area contributed by atoms with E-state index in [0.29, 0.717) is 30.3 Å². The minimum Gasteiger partial charge on any atom is -0.486 e. The van der Waals surface area contributed by atoms with E-state index in [1.807, 2.05) is 6.07 Å². The van der Waals surface area contributed by atoms with Crippen molar-refractivity contribution >= 4 is 21.7 Å². The molecule has 0 atom stereocenters. The molecule has 6 nitrogen and oxygen atoms in total. The van der Waals surface area contributed by atoms with Crippen LogP contribution in [0.5, 0.6) is 17.2 Å². The summed E-state index contributed by atoms with van der Waals surface area (Å²) in [5, 5.41) is 8.82. The van der Waals surface area contributed by atoms with Crippen molar-refractivity contribution in [3.05, 3.63) is 47.0 Å². The first kappa shape index (κ1) is 15.5. The fraction of sp³-hybridized carbons (Fsp3) is 0.133. The Labute approximate surface area is 137 Å². The number of benzene rings is 2. The van der Waals surface area contributed by atoms with Crippen LogP contribution in [0.1, 0.15) is 5.56 Å². The average molecular weight is 352 g/mol. The van der Waals surface area contributed by atoms with Crippen LogP contribution < -0.4 is 13.7 Å². The van der Waals surface area contributed by atoms with Crippen LogP contribution in [0.15, 0.2) is 41.3 Å². The van der Waals surface area contributed by atoms with Gasteiger partial charge in [-0.2, -0.15) is 13.7 Å². The van der Waals surface area contributed by atoms with Crippen molar-refractivity contribution in [3.8, 4) is 23.3 Å². The molecule has 2 aromatic rings. The van der Waals surface area contributed by atoms with Gasteiger partial charge >= 0.3 is 10.1 Å². The molecule has 0 saturated heterocycles. The molecular weight excluding hydrogens is 342 g/mol. The van der Waals surface area contributed by atoms with Crippen molar-refractivity contribution in [2.24, 2.45) is 0 Å². The Bertz CT molecular complexity index is 905. The molecule has 118 valence electrons. The molecule has 0 saturated carbocycles. The number of rotatable bonds is 3.